The summed E-state index contributed by atoms with van der Waals surface area (Å²) in [4.78, 5) is 4.25. The van der Waals surface area contributed by atoms with Crippen LogP contribution in [0.1, 0.15) is 30.5 Å². The Kier molecular flexibility index (Phi) is 7.99. The standard InChI is InChI=1S/C21H29N3O/c1-17(2)13-23-21(22-3)24-14-19-10-7-11-20(12-19)16-25-15-18-8-5-4-6-9-18/h4-12,17H,13-16H2,1-3H3,(H2,22,23,24). The molecule has 4 heteroatoms. The molecule has 0 aromatic heterocycles. The molecule has 0 saturated heterocycles. The van der Waals surface area contributed by atoms with Crippen molar-refractivity contribution in [2.24, 2.45) is 10.9 Å². The van der Waals surface area contributed by atoms with E-state index in [1.165, 1.54) is 16.7 Å². The quantitative estimate of drug-likeness (QED) is 0.569. The van der Waals surface area contributed by atoms with E-state index in [4.69, 9.17) is 4.74 Å². The first-order chi connectivity index (χ1) is 12.2. The maximum Gasteiger partial charge on any atom is 0.191 e. The van der Waals surface area contributed by atoms with E-state index in [-0.39, 0.29) is 0 Å². The lowest BCUT2D eigenvalue weighted by atomic mass is 10.1. The molecule has 134 valence electrons. The SMILES string of the molecule is CN=C(NCc1cccc(COCc2ccccc2)c1)NCC(C)C. The third kappa shape index (κ3) is 7.40. The van der Waals surface area contributed by atoms with Crippen LogP contribution in [0.4, 0.5) is 0 Å². The van der Waals surface area contributed by atoms with Crippen LogP contribution in [0.2, 0.25) is 0 Å². The normalized spacial score (nSPS) is 11.6. The Hall–Kier alpha value is -2.33. The second-order valence-corrected chi connectivity index (χ2v) is 6.50. The molecule has 2 rings (SSSR count). The monoisotopic (exact) mass is 339 g/mol. The van der Waals surface area contributed by atoms with E-state index in [1.54, 1.807) is 7.05 Å². The first-order valence-electron chi connectivity index (χ1n) is 8.81. The molecular weight excluding hydrogens is 310 g/mol. The van der Waals surface area contributed by atoms with Gasteiger partial charge in [-0.1, -0.05) is 68.4 Å². The first kappa shape index (κ1) is 19.0. The van der Waals surface area contributed by atoms with Crippen LogP contribution in [0.3, 0.4) is 0 Å². The van der Waals surface area contributed by atoms with Crippen molar-refractivity contribution >= 4 is 5.96 Å². The average Bonchev–Trinajstić information content (AvgIpc) is 2.63. The van der Waals surface area contributed by atoms with Crippen LogP contribution in [0, 0.1) is 5.92 Å². The summed E-state index contributed by atoms with van der Waals surface area (Å²) in [5.74, 6) is 1.42. The van der Waals surface area contributed by atoms with Crippen LogP contribution < -0.4 is 10.6 Å². The predicted molar refractivity (Wildman–Crippen MR) is 104 cm³/mol. The molecule has 0 bridgehead atoms. The lowest BCUT2D eigenvalue weighted by Crippen LogP contribution is -2.38. The molecule has 0 unspecified atom stereocenters. The van der Waals surface area contributed by atoms with Crippen molar-refractivity contribution in [3.8, 4) is 0 Å². The largest absolute Gasteiger partial charge is 0.372 e. The smallest absolute Gasteiger partial charge is 0.191 e. The highest BCUT2D eigenvalue weighted by atomic mass is 16.5. The Bertz CT molecular complexity index is 653. The van der Waals surface area contributed by atoms with E-state index in [0.717, 1.165) is 19.0 Å². The van der Waals surface area contributed by atoms with Gasteiger partial charge in [0, 0.05) is 20.1 Å². The number of guanidine groups is 1. The van der Waals surface area contributed by atoms with E-state index < -0.39 is 0 Å². The Morgan fingerprint density at radius 1 is 0.920 bits per heavy atom. The molecule has 2 N–H and O–H groups in total. The van der Waals surface area contributed by atoms with Gasteiger partial charge in [-0.3, -0.25) is 4.99 Å². The van der Waals surface area contributed by atoms with Gasteiger partial charge in [0.2, 0.25) is 0 Å². The molecule has 0 atom stereocenters. The fourth-order valence-corrected chi connectivity index (χ4v) is 2.40. The zero-order valence-corrected chi connectivity index (χ0v) is 15.5. The highest BCUT2D eigenvalue weighted by Crippen LogP contribution is 2.09. The molecule has 0 radical (unpaired) electrons. The van der Waals surface area contributed by atoms with Crippen LogP contribution in [0.25, 0.3) is 0 Å². The lowest BCUT2D eigenvalue weighted by molar-refractivity contribution is 0.107. The molecular formula is C21H29N3O. The van der Waals surface area contributed by atoms with Gasteiger partial charge in [0.1, 0.15) is 0 Å². The van der Waals surface area contributed by atoms with Crippen molar-refractivity contribution in [2.75, 3.05) is 13.6 Å². The minimum Gasteiger partial charge on any atom is -0.372 e. The second kappa shape index (κ2) is 10.5. The number of benzene rings is 2. The van der Waals surface area contributed by atoms with E-state index in [2.05, 4.69) is 65.9 Å². The van der Waals surface area contributed by atoms with Gasteiger partial charge in [-0.25, -0.2) is 0 Å². The van der Waals surface area contributed by atoms with Crippen molar-refractivity contribution in [3.63, 3.8) is 0 Å². The highest BCUT2D eigenvalue weighted by Gasteiger charge is 2.01. The first-order valence-corrected chi connectivity index (χ1v) is 8.81. The Morgan fingerprint density at radius 3 is 2.32 bits per heavy atom. The summed E-state index contributed by atoms with van der Waals surface area (Å²) in [5, 5.41) is 6.67. The van der Waals surface area contributed by atoms with E-state index in [1.807, 2.05) is 18.2 Å². The fraction of sp³-hybridized carbons (Fsp3) is 0.381. The summed E-state index contributed by atoms with van der Waals surface area (Å²) >= 11 is 0. The van der Waals surface area contributed by atoms with Crippen LogP contribution in [-0.4, -0.2) is 19.6 Å². The van der Waals surface area contributed by atoms with Crippen LogP contribution in [-0.2, 0) is 24.5 Å². The van der Waals surface area contributed by atoms with Gasteiger partial charge in [0.25, 0.3) is 0 Å². The van der Waals surface area contributed by atoms with Gasteiger partial charge in [0.15, 0.2) is 5.96 Å². The zero-order valence-electron chi connectivity index (χ0n) is 15.5. The summed E-state index contributed by atoms with van der Waals surface area (Å²) in [6, 6.07) is 18.7. The maximum absolute atomic E-state index is 5.82. The number of ether oxygens (including phenoxy) is 1. The van der Waals surface area contributed by atoms with Crippen LogP contribution in [0.5, 0.6) is 0 Å². The highest BCUT2D eigenvalue weighted by molar-refractivity contribution is 5.79. The molecule has 25 heavy (non-hydrogen) atoms. The zero-order chi connectivity index (χ0) is 17.9. The number of aliphatic imine (C=N–C) groups is 1. The summed E-state index contributed by atoms with van der Waals surface area (Å²) < 4.78 is 5.82. The molecule has 0 heterocycles. The molecule has 4 nitrogen and oxygen atoms in total. The fourth-order valence-electron chi connectivity index (χ4n) is 2.40. The summed E-state index contributed by atoms with van der Waals surface area (Å²) in [5.41, 5.74) is 3.59. The van der Waals surface area contributed by atoms with Gasteiger partial charge in [0.05, 0.1) is 13.2 Å². The Morgan fingerprint density at radius 2 is 1.60 bits per heavy atom. The van der Waals surface area contributed by atoms with Crippen LogP contribution >= 0.6 is 0 Å². The van der Waals surface area contributed by atoms with Crippen molar-refractivity contribution in [1.29, 1.82) is 0 Å². The molecule has 0 spiro atoms. The second-order valence-electron chi connectivity index (χ2n) is 6.50. The van der Waals surface area contributed by atoms with Crippen molar-refractivity contribution < 1.29 is 4.74 Å². The molecule has 2 aromatic carbocycles. The number of rotatable bonds is 8. The summed E-state index contributed by atoms with van der Waals surface area (Å²) in [6.45, 7) is 7.26. The van der Waals surface area contributed by atoms with E-state index >= 15 is 0 Å². The Balaban J connectivity index is 1.80. The topological polar surface area (TPSA) is 45.7 Å². The number of hydrogen-bond acceptors (Lipinski definition) is 2. The minimum absolute atomic E-state index is 0.587. The molecule has 0 saturated carbocycles. The van der Waals surface area contributed by atoms with E-state index in [9.17, 15) is 0 Å². The average molecular weight is 339 g/mol. The van der Waals surface area contributed by atoms with Crippen molar-refractivity contribution in [1.82, 2.24) is 10.6 Å². The van der Waals surface area contributed by atoms with Crippen molar-refractivity contribution in [3.05, 3.63) is 71.3 Å². The van der Waals surface area contributed by atoms with Crippen molar-refractivity contribution in [2.45, 2.75) is 33.6 Å². The van der Waals surface area contributed by atoms with Gasteiger partial charge in [-0.05, 0) is 22.6 Å². The number of hydrogen-bond donors (Lipinski definition) is 2. The molecule has 0 aliphatic carbocycles. The van der Waals surface area contributed by atoms with Crippen LogP contribution in [0.15, 0.2) is 59.6 Å². The third-order valence-corrected chi connectivity index (χ3v) is 3.73. The molecule has 0 fully saturated rings. The number of nitrogens with zero attached hydrogens (tertiary/aromatic N) is 1. The number of nitrogens with one attached hydrogen (secondary N) is 2. The lowest BCUT2D eigenvalue weighted by Gasteiger charge is -2.14. The Labute approximate surface area is 151 Å². The van der Waals surface area contributed by atoms with E-state index in [0.29, 0.717) is 19.1 Å². The minimum atomic E-state index is 0.587. The van der Waals surface area contributed by atoms with Gasteiger partial charge < -0.3 is 15.4 Å². The third-order valence-electron chi connectivity index (χ3n) is 3.73. The maximum atomic E-state index is 5.82. The summed E-state index contributed by atoms with van der Waals surface area (Å²) in [7, 11) is 1.80. The van der Waals surface area contributed by atoms with Gasteiger partial charge in [-0.15, -0.1) is 0 Å². The molecule has 0 amide bonds. The van der Waals surface area contributed by atoms with Gasteiger partial charge >= 0.3 is 0 Å². The van der Waals surface area contributed by atoms with Gasteiger partial charge in [-0.2, -0.15) is 0 Å². The molecule has 2 aromatic rings. The predicted octanol–water partition coefficient (Wildman–Crippen LogP) is 3.72. The molecule has 0 aliphatic rings. The summed E-state index contributed by atoms with van der Waals surface area (Å²) in [6.07, 6.45) is 0. The molecule has 0 aliphatic heterocycles.